The van der Waals surface area contributed by atoms with Crippen LogP contribution in [-0.4, -0.2) is 24.4 Å². The highest BCUT2D eigenvalue weighted by molar-refractivity contribution is 8.03. The zero-order chi connectivity index (χ0) is 17.1. The molecule has 24 heavy (non-hydrogen) atoms. The zero-order valence-electron chi connectivity index (χ0n) is 15.0. The van der Waals surface area contributed by atoms with Crippen molar-refractivity contribution in [3.05, 3.63) is 57.6 Å². The third-order valence-electron chi connectivity index (χ3n) is 6.85. The summed E-state index contributed by atoms with van der Waals surface area (Å²) in [6.45, 7) is 9.07. The smallest absolute Gasteiger partial charge is 0.0534 e. The van der Waals surface area contributed by atoms with Crippen molar-refractivity contribution in [2.75, 3.05) is 13.6 Å². The van der Waals surface area contributed by atoms with Crippen LogP contribution in [0.5, 0.6) is 0 Å². The third-order valence-corrected chi connectivity index (χ3v) is 8.00. The molecule has 0 aromatic carbocycles. The minimum Gasteiger partial charge on any atom is -0.327 e. The van der Waals surface area contributed by atoms with E-state index in [0.717, 1.165) is 5.57 Å². The first-order chi connectivity index (χ1) is 11.5. The first kappa shape index (κ1) is 16.4. The molecule has 5 aliphatic rings. The van der Waals surface area contributed by atoms with Crippen LogP contribution in [0.25, 0.3) is 0 Å². The fourth-order valence-corrected chi connectivity index (χ4v) is 6.62. The predicted octanol–water partition coefficient (Wildman–Crippen LogP) is 4.24. The summed E-state index contributed by atoms with van der Waals surface area (Å²) in [5.41, 5.74) is 15.5. The Hall–Kier alpha value is -1.03. The molecule has 3 unspecified atom stereocenters. The minimum absolute atomic E-state index is 0.303. The number of thioether (sulfide) groups is 1. The van der Waals surface area contributed by atoms with E-state index in [2.05, 4.69) is 50.4 Å². The lowest BCUT2D eigenvalue weighted by Gasteiger charge is -2.12. The van der Waals surface area contributed by atoms with Gasteiger partial charge in [0, 0.05) is 12.0 Å². The topological polar surface area (TPSA) is 38.0 Å². The van der Waals surface area contributed by atoms with Crippen LogP contribution in [0.3, 0.4) is 0 Å². The molecule has 3 saturated carbocycles. The van der Waals surface area contributed by atoms with Crippen molar-refractivity contribution in [1.82, 2.24) is 5.32 Å². The fourth-order valence-electron chi connectivity index (χ4n) is 5.44. The van der Waals surface area contributed by atoms with Gasteiger partial charge in [-0.05, 0) is 61.8 Å². The van der Waals surface area contributed by atoms with Crippen molar-refractivity contribution in [2.45, 2.75) is 50.3 Å². The summed E-state index contributed by atoms with van der Waals surface area (Å²) in [5.74, 6) is 0. The van der Waals surface area contributed by atoms with E-state index in [1.165, 1.54) is 31.3 Å². The van der Waals surface area contributed by atoms with Crippen LogP contribution in [0.4, 0.5) is 0 Å². The van der Waals surface area contributed by atoms with E-state index in [9.17, 15) is 0 Å². The molecule has 2 nitrogen and oxygen atoms in total. The molecular formula is C21H28N2S. The summed E-state index contributed by atoms with van der Waals surface area (Å²) in [4.78, 5) is 0. The molecule has 3 fully saturated rings. The van der Waals surface area contributed by atoms with Gasteiger partial charge in [0.2, 0.25) is 0 Å². The van der Waals surface area contributed by atoms with Crippen LogP contribution >= 0.6 is 11.8 Å². The molecule has 0 amide bonds. The molecule has 0 aliphatic heterocycles. The third kappa shape index (κ3) is 1.98. The van der Waals surface area contributed by atoms with Crippen molar-refractivity contribution >= 4 is 11.8 Å². The van der Waals surface area contributed by atoms with Crippen LogP contribution in [0, 0.1) is 5.41 Å². The van der Waals surface area contributed by atoms with Gasteiger partial charge in [0.15, 0.2) is 0 Å². The lowest BCUT2D eigenvalue weighted by Crippen LogP contribution is -2.30. The first-order valence-corrected chi connectivity index (χ1v) is 9.93. The van der Waals surface area contributed by atoms with Gasteiger partial charge in [-0.15, -0.1) is 11.8 Å². The number of rotatable bonds is 6. The van der Waals surface area contributed by atoms with E-state index in [1.54, 1.807) is 22.3 Å². The highest BCUT2D eigenvalue weighted by Gasteiger charge is 2.75. The summed E-state index contributed by atoms with van der Waals surface area (Å²) >= 11 is 1.99. The van der Waals surface area contributed by atoms with Gasteiger partial charge in [-0.25, -0.2) is 0 Å². The van der Waals surface area contributed by atoms with Gasteiger partial charge < -0.3 is 11.1 Å². The maximum atomic E-state index is 5.65. The van der Waals surface area contributed by atoms with Gasteiger partial charge in [-0.2, -0.15) is 0 Å². The Morgan fingerprint density at radius 2 is 2.12 bits per heavy atom. The SMILES string of the molecule is C=C(CN)/C(C)=C/C=C/SC1C2=C3CC4(C)C(=C1CC2)C4(NC)C3. The van der Waals surface area contributed by atoms with Crippen molar-refractivity contribution in [2.24, 2.45) is 11.1 Å². The van der Waals surface area contributed by atoms with Gasteiger partial charge in [-0.1, -0.05) is 42.4 Å². The highest BCUT2D eigenvalue weighted by atomic mass is 32.2. The Labute approximate surface area is 150 Å². The summed E-state index contributed by atoms with van der Waals surface area (Å²) in [6, 6.07) is 0. The van der Waals surface area contributed by atoms with Gasteiger partial charge in [0.25, 0.3) is 0 Å². The van der Waals surface area contributed by atoms with E-state index in [0.29, 0.717) is 22.7 Å². The lowest BCUT2D eigenvalue weighted by molar-refractivity contribution is 0.459. The molecule has 3 heteroatoms. The summed E-state index contributed by atoms with van der Waals surface area (Å²) in [5, 5.41) is 6.54. The molecule has 128 valence electrons. The van der Waals surface area contributed by atoms with Gasteiger partial charge in [0.1, 0.15) is 0 Å². The van der Waals surface area contributed by atoms with Gasteiger partial charge in [-0.3, -0.25) is 0 Å². The van der Waals surface area contributed by atoms with Crippen LogP contribution < -0.4 is 11.1 Å². The molecule has 5 rings (SSSR count). The second-order valence-corrected chi connectivity index (χ2v) is 8.89. The van der Waals surface area contributed by atoms with E-state index in [-0.39, 0.29) is 0 Å². The summed E-state index contributed by atoms with van der Waals surface area (Å²) < 4.78 is 0. The first-order valence-electron chi connectivity index (χ1n) is 8.99. The lowest BCUT2D eigenvalue weighted by atomic mass is 9.97. The zero-order valence-corrected chi connectivity index (χ0v) is 15.9. The molecule has 0 spiro atoms. The Kier molecular flexibility index (Phi) is 3.76. The van der Waals surface area contributed by atoms with E-state index < -0.39 is 0 Å². The molecule has 0 aromatic heterocycles. The second kappa shape index (κ2) is 5.48. The molecule has 0 saturated heterocycles. The molecule has 6 bridgehead atoms. The fraction of sp³-hybridized carbons (Fsp3) is 0.524. The van der Waals surface area contributed by atoms with E-state index in [4.69, 9.17) is 5.73 Å². The van der Waals surface area contributed by atoms with Crippen molar-refractivity contribution in [3.8, 4) is 0 Å². The van der Waals surface area contributed by atoms with Crippen molar-refractivity contribution in [1.29, 1.82) is 0 Å². The Bertz CT molecular complexity index is 739. The maximum absolute atomic E-state index is 5.65. The number of nitrogens with two attached hydrogens (primary N) is 1. The minimum atomic E-state index is 0.303. The number of hydrogen-bond donors (Lipinski definition) is 2. The second-order valence-electron chi connectivity index (χ2n) is 7.87. The average molecular weight is 341 g/mol. The Morgan fingerprint density at radius 1 is 1.38 bits per heavy atom. The Morgan fingerprint density at radius 3 is 2.79 bits per heavy atom. The molecule has 0 radical (unpaired) electrons. The predicted molar refractivity (Wildman–Crippen MR) is 105 cm³/mol. The van der Waals surface area contributed by atoms with Crippen LogP contribution in [0.2, 0.25) is 0 Å². The summed E-state index contributed by atoms with van der Waals surface area (Å²) in [6.07, 6.45) is 9.40. The average Bonchev–Trinajstić information content (AvgIpc) is 2.86. The quantitative estimate of drug-likeness (QED) is 0.561. The number of allylic oxidation sites excluding steroid dienone is 2. The van der Waals surface area contributed by atoms with Crippen LogP contribution in [0.15, 0.2) is 57.6 Å². The number of nitrogens with one attached hydrogen (secondary N) is 1. The molecule has 0 aromatic rings. The van der Waals surface area contributed by atoms with Crippen LogP contribution in [-0.2, 0) is 0 Å². The highest BCUT2D eigenvalue weighted by Crippen LogP contribution is 2.77. The van der Waals surface area contributed by atoms with Crippen LogP contribution in [0.1, 0.15) is 39.5 Å². The number of hydrogen-bond acceptors (Lipinski definition) is 3. The van der Waals surface area contributed by atoms with E-state index in [1.807, 2.05) is 11.8 Å². The molecule has 0 heterocycles. The molecule has 3 atom stereocenters. The molecule has 3 N–H and O–H groups in total. The van der Waals surface area contributed by atoms with Crippen molar-refractivity contribution in [3.63, 3.8) is 0 Å². The molecular weight excluding hydrogens is 312 g/mol. The standard InChI is InChI=1S/C21H28N2S/c1-13(14(2)12-22)6-5-9-24-18-16-7-8-17(18)19-20(3)10-15(16)11-21(19,20)23-4/h5-6,9,18,23H,2,7-8,10-12,22H2,1,3-4H3/b9-5+,13-6+. The van der Waals surface area contributed by atoms with E-state index >= 15 is 0 Å². The summed E-state index contributed by atoms with van der Waals surface area (Å²) in [7, 11) is 2.15. The monoisotopic (exact) mass is 340 g/mol. The Balaban J connectivity index is 1.57. The normalized spacial score (nSPS) is 36.8. The maximum Gasteiger partial charge on any atom is 0.0534 e. The van der Waals surface area contributed by atoms with Crippen molar-refractivity contribution < 1.29 is 0 Å². The number of likely N-dealkylation sites (N-methyl/N-ethyl adjacent to an activating group) is 1. The molecule has 5 aliphatic carbocycles. The largest absolute Gasteiger partial charge is 0.327 e. The van der Waals surface area contributed by atoms with Gasteiger partial charge in [0.05, 0.1) is 10.8 Å². The van der Waals surface area contributed by atoms with Gasteiger partial charge >= 0.3 is 0 Å².